The number of amides is 1. The van der Waals surface area contributed by atoms with E-state index < -0.39 is 0 Å². The zero-order valence-corrected chi connectivity index (χ0v) is 13.4. The Hall–Kier alpha value is -3.15. The van der Waals surface area contributed by atoms with E-state index in [-0.39, 0.29) is 12.5 Å². The molecule has 0 aliphatic heterocycles. The molecule has 0 aliphatic carbocycles. The summed E-state index contributed by atoms with van der Waals surface area (Å²) in [4.78, 5) is 16.1. The predicted octanol–water partition coefficient (Wildman–Crippen LogP) is 2.98. The lowest BCUT2D eigenvalue weighted by molar-refractivity contribution is 0.0957. The van der Waals surface area contributed by atoms with Crippen molar-refractivity contribution >= 4 is 5.91 Å². The van der Waals surface area contributed by atoms with Crippen LogP contribution >= 0.6 is 0 Å². The summed E-state index contributed by atoms with van der Waals surface area (Å²) >= 11 is 0. The number of nitrogens with zero attached hydrogens (tertiary/aromatic N) is 2. The molecule has 0 atom stereocenters. The summed E-state index contributed by atoms with van der Waals surface area (Å²) < 4.78 is 10.9. The molecule has 24 heavy (non-hydrogen) atoms. The molecule has 0 fully saturated rings. The topological polar surface area (TPSA) is 77.2 Å². The molecule has 0 saturated carbocycles. The molecule has 1 heterocycles. The zero-order valence-electron chi connectivity index (χ0n) is 13.4. The largest absolute Gasteiger partial charge is 0.483 e. The van der Waals surface area contributed by atoms with Gasteiger partial charge in [0, 0.05) is 12.6 Å². The molecular weight excluding hydrogens is 306 g/mol. The van der Waals surface area contributed by atoms with E-state index >= 15 is 0 Å². The molecule has 2 aromatic carbocycles. The fourth-order valence-electron chi connectivity index (χ4n) is 2.19. The quantitative estimate of drug-likeness (QED) is 0.781. The lowest BCUT2D eigenvalue weighted by Crippen LogP contribution is -2.18. The van der Waals surface area contributed by atoms with Gasteiger partial charge in [-0.05, 0) is 19.1 Å². The van der Waals surface area contributed by atoms with Gasteiger partial charge in [-0.3, -0.25) is 4.79 Å². The van der Waals surface area contributed by atoms with E-state index in [9.17, 15) is 4.79 Å². The van der Waals surface area contributed by atoms with Gasteiger partial charge in [0.25, 0.3) is 11.8 Å². The first-order valence-electron chi connectivity index (χ1n) is 7.51. The van der Waals surface area contributed by atoms with Crippen molar-refractivity contribution in [2.45, 2.75) is 13.5 Å². The average molecular weight is 323 g/mol. The van der Waals surface area contributed by atoms with Gasteiger partial charge in [0.1, 0.15) is 5.75 Å². The maximum absolute atomic E-state index is 11.8. The Morgan fingerprint density at radius 2 is 1.92 bits per heavy atom. The van der Waals surface area contributed by atoms with Crippen LogP contribution in [0.25, 0.3) is 11.4 Å². The lowest BCUT2D eigenvalue weighted by atomic mass is 10.1. The third-order valence-electron chi connectivity index (χ3n) is 3.49. The van der Waals surface area contributed by atoms with Crippen molar-refractivity contribution in [1.82, 2.24) is 15.5 Å². The Morgan fingerprint density at radius 1 is 1.17 bits per heavy atom. The summed E-state index contributed by atoms with van der Waals surface area (Å²) in [5.41, 5.74) is 2.50. The molecule has 0 radical (unpaired) electrons. The number of hydrogen-bond donors (Lipinski definition) is 1. The molecule has 0 saturated heterocycles. The first-order chi connectivity index (χ1) is 11.7. The molecular formula is C18H17N3O3. The highest BCUT2D eigenvalue weighted by Gasteiger charge is 2.13. The number of carbonyl (C=O) groups excluding carboxylic acids is 1. The number of rotatable bonds is 5. The van der Waals surface area contributed by atoms with E-state index in [1.807, 2.05) is 31.2 Å². The SMILES string of the molecule is CNC(=O)c1ccccc1OCc1nc(-c2ccc(C)cc2)no1. The molecule has 0 spiro atoms. The Kier molecular flexibility index (Phi) is 4.56. The fourth-order valence-corrected chi connectivity index (χ4v) is 2.19. The summed E-state index contributed by atoms with van der Waals surface area (Å²) in [6.07, 6.45) is 0. The Morgan fingerprint density at radius 3 is 2.67 bits per heavy atom. The van der Waals surface area contributed by atoms with Crippen LogP contribution in [0.5, 0.6) is 5.75 Å². The second-order valence-electron chi connectivity index (χ2n) is 5.24. The van der Waals surface area contributed by atoms with Crippen molar-refractivity contribution in [3.05, 3.63) is 65.5 Å². The Balaban J connectivity index is 1.72. The van der Waals surface area contributed by atoms with E-state index in [2.05, 4.69) is 15.5 Å². The van der Waals surface area contributed by atoms with Gasteiger partial charge in [-0.15, -0.1) is 0 Å². The minimum Gasteiger partial charge on any atom is -0.483 e. The van der Waals surface area contributed by atoms with Crippen LogP contribution in [0.3, 0.4) is 0 Å². The average Bonchev–Trinajstić information content (AvgIpc) is 3.09. The van der Waals surface area contributed by atoms with Crippen molar-refractivity contribution in [2.75, 3.05) is 7.05 Å². The van der Waals surface area contributed by atoms with Gasteiger partial charge in [0.15, 0.2) is 6.61 Å². The van der Waals surface area contributed by atoms with Crippen LogP contribution < -0.4 is 10.1 Å². The molecule has 3 aromatic rings. The number of benzene rings is 2. The molecule has 0 bridgehead atoms. The highest BCUT2D eigenvalue weighted by Crippen LogP contribution is 2.20. The molecule has 6 heteroatoms. The molecule has 1 N–H and O–H groups in total. The van der Waals surface area contributed by atoms with Gasteiger partial charge in [-0.2, -0.15) is 4.98 Å². The molecule has 0 unspecified atom stereocenters. The van der Waals surface area contributed by atoms with Gasteiger partial charge < -0.3 is 14.6 Å². The van der Waals surface area contributed by atoms with Crippen LogP contribution in [0.2, 0.25) is 0 Å². The van der Waals surface area contributed by atoms with Crippen molar-refractivity contribution in [3.8, 4) is 17.1 Å². The molecule has 3 rings (SSSR count). The number of nitrogens with one attached hydrogen (secondary N) is 1. The summed E-state index contributed by atoms with van der Waals surface area (Å²) in [7, 11) is 1.57. The minimum atomic E-state index is -0.212. The standard InChI is InChI=1S/C18H17N3O3/c1-12-7-9-13(10-8-12)17-20-16(24-21-17)11-23-15-6-4-3-5-14(15)18(22)19-2/h3-10H,11H2,1-2H3,(H,19,22). The number of aromatic nitrogens is 2. The van der Waals surface area contributed by atoms with Gasteiger partial charge in [0.05, 0.1) is 5.56 Å². The Bertz CT molecular complexity index is 841. The number of ether oxygens (including phenoxy) is 1. The third kappa shape index (κ3) is 3.43. The fraction of sp³-hybridized carbons (Fsp3) is 0.167. The highest BCUT2D eigenvalue weighted by atomic mass is 16.5. The van der Waals surface area contributed by atoms with E-state index in [1.165, 1.54) is 0 Å². The number of carbonyl (C=O) groups is 1. The second kappa shape index (κ2) is 6.95. The van der Waals surface area contributed by atoms with Crippen molar-refractivity contribution in [1.29, 1.82) is 0 Å². The second-order valence-corrected chi connectivity index (χ2v) is 5.24. The highest BCUT2D eigenvalue weighted by molar-refractivity contribution is 5.96. The monoisotopic (exact) mass is 323 g/mol. The summed E-state index contributed by atoms with van der Waals surface area (Å²) in [6, 6.07) is 14.8. The van der Waals surface area contributed by atoms with Crippen molar-refractivity contribution < 1.29 is 14.1 Å². The number of para-hydroxylation sites is 1. The van der Waals surface area contributed by atoms with Crippen LogP contribution in [0, 0.1) is 6.92 Å². The van der Waals surface area contributed by atoms with Crippen LogP contribution in [-0.2, 0) is 6.61 Å². The summed E-state index contributed by atoms with van der Waals surface area (Å²) in [5.74, 6) is 1.11. The molecule has 1 aromatic heterocycles. The van der Waals surface area contributed by atoms with Crippen LogP contribution in [0.15, 0.2) is 53.1 Å². The number of aryl methyl sites for hydroxylation is 1. The first kappa shape index (κ1) is 15.7. The molecule has 122 valence electrons. The van der Waals surface area contributed by atoms with Crippen molar-refractivity contribution in [2.24, 2.45) is 0 Å². The minimum absolute atomic E-state index is 0.0901. The molecule has 1 amide bonds. The van der Waals surface area contributed by atoms with Gasteiger partial charge in [0.2, 0.25) is 5.82 Å². The van der Waals surface area contributed by atoms with Gasteiger partial charge in [-0.1, -0.05) is 47.1 Å². The third-order valence-corrected chi connectivity index (χ3v) is 3.49. The lowest BCUT2D eigenvalue weighted by Gasteiger charge is -2.08. The van der Waals surface area contributed by atoms with E-state index in [4.69, 9.17) is 9.26 Å². The van der Waals surface area contributed by atoms with Crippen LogP contribution in [0.1, 0.15) is 21.8 Å². The van der Waals surface area contributed by atoms with E-state index in [0.29, 0.717) is 23.0 Å². The number of hydrogen-bond acceptors (Lipinski definition) is 5. The Labute approximate surface area is 139 Å². The summed E-state index contributed by atoms with van der Waals surface area (Å²) in [6.45, 7) is 2.11. The summed E-state index contributed by atoms with van der Waals surface area (Å²) in [5, 5.41) is 6.54. The first-order valence-corrected chi connectivity index (χ1v) is 7.51. The molecule has 6 nitrogen and oxygen atoms in total. The van der Waals surface area contributed by atoms with Gasteiger partial charge in [-0.25, -0.2) is 0 Å². The maximum Gasteiger partial charge on any atom is 0.264 e. The van der Waals surface area contributed by atoms with Crippen LogP contribution in [0.4, 0.5) is 0 Å². The van der Waals surface area contributed by atoms with Gasteiger partial charge >= 0.3 is 0 Å². The smallest absolute Gasteiger partial charge is 0.264 e. The van der Waals surface area contributed by atoms with E-state index in [0.717, 1.165) is 11.1 Å². The normalized spacial score (nSPS) is 10.4. The maximum atomic E-state index is 11.8. The predicted molar refractivity (Wildman–Crippen MR) is 88.6 cm³/mol. The van der Waals surface area contributed by atoms with E-state index in [1.54, 1.807) is 31.3 Å². The molecule has 0 aliphatic rings. The van der Waals surface area contributed by atoms with Crippen LogP contribution in [-0.4, -0.2) is 23.1 Å². The zero-order chi connectivity index (χ0) is 16.9. The van der Waals surface area contributed by atoms with Crippen molar-refractivity contribution in [3.63, 3.8) is 0 Å².